The predicted octanol–water partition coefficient (Wildman–Crippen LogP) is 3.30. The Morgan fingerprint density at radius 2 is 2.25 bits per heavy atom. The number of aliphatic hydroxyl groups is 1. The number of benzene rings is 1. The topological polar surface area (TPSA) is 81.9 Å². The number of thiophene rings is 1. The minimum Gasteiger partial charge on any atom is -0.508 e. The lowest BCUT2D eigenvalue weighted by Crippen LogP contribution is -1.98. The van der Waals surface area contributed by atoms with E-state index in [1.807, 2.05) is 6.92 Å². The van der Waals surface area contributed by atoms with E-state index in [9.17, 15) is 14.3 Å². The number of carbonyl (C=O) groups is 1. The van der Waals surface area contributed by atoms with Crippen molar-refractivity contribution >= 4 is 35.3 Å². The number of hydrogen-bond acceptors (Lipinski definition) is 5. The lowest BCUT2D eigenvalue weighted by Gasteiger charge is -1.99. The molecule has 0 amide bonds. The number of hydrogen-bond donors (Lipinski definition) is 3. The van der Waals surface area contributed by atoms with Gasteiger partial charge < -0.3 is 15.5 Å². The Balaban J connectivity index is 2.14. The number of nitrogens with one attached hydrogen (secondary N) is 1. The largest absolute Gasteiger partial charge is 0.508 e. The lowest BCUT2D eigenvalue weighted by atomic mass is 10.3. The van der Waals surface area contributed by atoms with Crippen LogP contribution in [-0.4, -0.2) is 28.9 Å². The maximum Gasteiger partial charge on any atom is 0.162 e. The first-order valence-electron chi connectivity index (χ1n) is 7.09. The summed E-state index contributed by atoms with van der Waals surface area (Å²) >= 11 is 1.18. The molecule has 0 spiro atoms. The zero-order valence-corrected chi connectivity index (χ0v) is 13.6. The first-order valence-corrected chi connectivity index (χ1v) is 7.91. The van der Waals surface area contributed by atoms with Gasteiger partial charge >= 0.3 is 0 Å². The van der Waals surface area contributed by atoms with Crippen molar-refractivity contribution in [2.45, 2.75) is 19.4 Å². The minimum atomic E-state index is -0.706. The normalized spacial score (nSPS) is 11.8. The van der Waals surface area contributed by atoms with E-state index >= 15 is 0 Å². The number of nitrogens with zero attached hydrogens (tertiary/aromatic N) is 1. The molecule has 1 aromatic carbocycles. The van der Waals surface area contributed by atoms with Crippen molar-refractivity contribution in [3.63, 3.8) is 0 Å². The van der Waals surface area contributed by atoms with E-state index in [0.29, 0.717) is 28.1 Å². The van der Waals surface area contributed by atoms with Crippen LogP contribution in [0, 0.1) is 17.7 Å². The van der Waals surface area contributed by atoms with Crippen LogP contribution in [0.5, 0.6) is 5.75 Å². The van der Waals surface area contributed by atoms with Crippen LogP contribution < -0.4 is 5.32 Å². The fourth-order valence-electron chi connectivity index (χ4n) is 1.70. The van der Waals surface area contributed by atoms with Gasteiger partial charge in [0.2, 0.25) is 0 Å². The summed E-state index contributed by atoms with van der Waals surface area (Å²) in [5.74, 6) is 4.63. The monoisotopic (exact) mass is 346 g/mol. The van der Waals surface area contributed by atoms with Crippen LogP contribution in [0.15, 0.2) is 29.3 Å². The van der Waals surface area contributed by atoms with E-state index in [1.165, 1.54) is 29.8 Å². The Labute approximate surface area is 142 Å². The minimum absolute atomic E-state index is 0.0502. The summed E-state index contributed by atoms with van der Waals surface area (Å²) in [6.45, 7) is 1.82. The highest BCUT2D eigenvalue weighted by atomic mass is 32.1. The first kappa shape index (κ1) is 17.7. The average molecular weight is 346 g/mol. The molecule has 1 unspecified atom stereocenters. The molecule has 7 heteroatoms. The van der Waals surface area contributed by atoms with E-state index in [4.69, 9.17) is 5.11 Å². The predicted molar refractivity (Wildman–Crippen MR) is 92.7 cm³/mol. The van der Waals surface area contributed by atoms with Gasteiger partial charge in [-0.15, -0.1) is 11.3 Å². The van der Waals surface area contributed by atoms with E-state index in [0.717, 1.165) is 6.07 Å². The molecule has 124 valence electrons. The number of phenols is 1. The van der Waals surface area contributed by atoms with E-state index in [2.05, 4.69) is 22.2 Å². The second kappa shape index (κ2) is 8.24. The van der Waals surface area contributed by atoms with Gasteiger partial charge in [-0.3, -0.25) is 4.79 Å². The third kappa shape index (κ3) is 4.65. The Morgan fingerprint density at radius 1 is 1.46 bits per heavy atom. The molecule has 5 nitrogen and oxygen atoms in total. The fourth-order valence-corrected chi connectivity index (χ4v) is 2.50. The molecule has 0 bridgehead atoms. The van der Waals surface area contributed by atoms with Gasteiger partial charge in [-0.25, -0.2) is 9.38 Å². The Hall–Kier alpha value is -2.69. The second-order valence-electron chi connectivity index (χ2n) is 4.74. The van der Waals surface area contributed by atoms with Crippen molar-refractivity contribution in [3.8, 4) is 17.6 Å². The van der Waals surface area contributed by atoms with Crippen molar-refractivity contribution in [1.82, 2.24) is 0 Å². The number of anilines is 1. The van der Waals surface area contributed by atoms with E-state index in [-0.39, 0.29) is 11.4 Å². The highest BCUT2D eigenvalue weighted by Gasteiger charge is 2.07. The SMILES string of the molecule is CCC(O)C#Cc1cc(NC=Nc2ccc(O)cc2F)c(C=O)s1. The van der Waals surface area contributed by atoms with Crippen molar-refractivity contribution in [1.29, 1.82) is 0 Å². The zero-order valence-electron chi connectivity index (χ0n) is 12.8. The van der Waals surface area contributed by atoms with Crippen LogP contribution in [0.4, 0.5) is 15.8 Å². The van der Waals surface area contributed by atoms with E-state index < -0.39 is 11.9 Å². The molecule has 1 atom stereocenters. The zero-order chi connectivity index (χ0) is 17.5. The van der Waals surface area contributed by atoms with Crippen LogP contribution in [0.2, 0.25) is 0 Å². The van der Waals surface area contributed by atoms with Gasteiger partial charge in [-0.1, -0.05) is 18.8 Å². The summed E-state index contributed by atoms with van der Waals surface area (Å²) in [6.07, 6.45) is 1.75. The molecular formula is C17H15FN2O3S. The van der Waals surface area contributed by atoms with Crippen LogP contribution >= 0.6 is 11.3 Å². The molecule has 1 aromatic heterocycles. The van der Waals surface area contributed by atoms with Crippen LogP contribution in [-0.2, 0) is 0 Å². The van der Waals surface area contributed by atoms with Gasteiger partial charge in [0.05, 0.1) is 21.8 Å². The highest BCUT2D eigenvalue weighted by molar-refractivity contribution is 7.14. The molecule has 0 aliphatic carbocycles. The van der Waals surface area contributed by atoms with Gasteiger partial charge in [0.25, 0.3) is 0 Å². The third-order valence-corrected chi connectivity index (χ3v) is 3.95. The standard InChI is InChI=1S/C17H15FN2O3S/c1-2-11(22)3-5-13-8-16(17(9-21)24-13)20-10-19-15-6-4-12(23)7-14(15)18/h4,6-11,22-23H,2H2,1H3,(H,19,20). The number of halogens is 1. The summed E-state index contributed by atoms with van der Waals surface area (Å²) in [4.78, 5) is 16.0. The lowest BCUT2D eigenvalue weighted by molar-refractivity contribution is 0.112. The smallest absolute Gasteiger partial charge is 0.162 e. The number of phenolic OH excluding ortho intramolecular Hbond substituents is 1. The van der Waals surface area contributed by atoms with Crippen LogP contribution in [0.1, 0.15) is 27.9 Å². The molecular weight excluding hydrogens is 331 g/mol. The summed E-state index contributed by atoms with van der Waals surface area (Å²) in [5.41, 5.74) is 0.544. The quantitative estimate of drug-likeness (QED) is 0.336. The maximum absolute atomic E-state index is 13.5. The molecule has 3 N–H and O–H groups in total. The van der Waals surface area contributed by atoms with Crippen molar-refractivity contribution in [2.24, 2.45) is 4.99 Å². The molecule has 0 aliphatic rings. The Bertz CT molecular complexity index is 821. The van der Waals surface area contributed by atoms with Crippen molar-refractivity contribution in [3.05, 3.63) is 39.8 Å². The number of rotatable bonds is 5. The summed E-state index contributed by atoms with van der Waals surface area (Å²) < 4.78 is 13.5. The number of aldehydes is 1. The van der Waals surface area contributed by atoms with Gasteiger partial charge in [-0.2, -0.15) is 0 Å². The molecule has 0 fully saturated rings. The van der Waals surface area contributed by atoms with Gasteiger partial charge in [0, 0.05) is 6.07 Å². The highest BCUT2D eigenvalue weighted by Crippen LogP contribution is 2.25. The molecule has 1 heterocycles. The molecule has 0 saturated heterocycles. The van der Waals surface area contributed by atoms with Crippen LogP contribution in [0.25, 0.3) is 0 Å². The Morgan fingerprint density at radius 3 is 2.92 bits per heavy atom. The van der Waals surface area contributed by atoms with Crippen molar-refractivity contribution < 1.29 is 19.4 Å². The summed E-state index contributed by atoms with van der Waals surface area (Å²) in [5, 5.41) is 21.4. The van der Waals surface area contributed by atoms with E-state index in [1.54, 1.807) is 6.07 Å². The van der Waals surface area contributed by atoms with Crippen molar-refractivity contribution in [2.75, 3.05) is 5.32 Å². The summed E-state index contributed by atoms with van der Waals surface area (Å²) in [7, 11) is 0. The van der Waals surface area contributed by atoms with Crippen LogP contribution in [0.3, 0.4) is 0 Å². The average Bonchev–Trinajstić information content (AvgIpc) is 2.97. The number of aromatic hydroxyl groups is 1. The van der Waals surface area contributed by atoms with Gasteiger partial charge in [0.1, 0.15) is 17.5 Å². The first-order chi connectivity index (χ1) is 11.5. The molecule has 2 rings (SSSR count). The molecule has 0 saturated carbocycles. The van der Waals surface area contributed by atoms with Gasteiger partial charge in [-0.05, 0) is 24.6 Å². The molecule has 24 heavy (non-hydrogen) atoms. The summed E-state index contributed by atoms with van der Waals surface area (Å²) in [6, 6.07) is 5.27. The number of aliphatic hydroxyl groups excluding tert-OH is 1. The molecule has 2 aromatic rings. The Kier molecular flexibility index (Phi) is 6.07. The maximum atomic E-state index is 13.5. The second-order valence-corrected chi connectivity index (χ2v) is 5.82. The number of carbonyl (C=O) groups excluding carboxylic acids is 1. The number of aliphatic imine (C=N–C) groups is 1. The molecule has 0 aliphatic heterocycles. The van der Waals surface area contributed by atoms with Gasteiger partial charge in [0.15, 0.2) is 12.1 Å². The third-order valence-electron chi connectivity index (χ3n) is 2.97. The fraction of sp³-hybridized carbons (Fsp3) is 0.176. The molecule has 0 radical (unpaired) electrons.